The van der Waals surface area contributed by atoms with Gasteiger partial charge < -0.3 is 65.1 Å². The molecule has 0 saturated carbocycles. The second-order valence-electron chi connectivity index (χ2n) is 20.8. The summed E-state index contributed by atoms with van der Waals surface area (Å²) in [6.45, 7) is 18.7. The van der Waals surface area contributed by atoms with Crippen molar-refractivity contribution in [1.29, 1.82) is 0 Å². The minimum Gasteiger partial charge on any atom is -0.444 e. The highest BCUT2D eigenvalue weighted by atomic mass is 35.5. The summed E-state index contributed by atoms with van der Waals surface area (Å²) in [6, 6.07) is 0. The lowest BCUT2D eigenvalue weighted by Crippen LogP contribution is -2.47. The van der Waals surface area contributed by atoms with Crippen LogP contribution in [0.15, 0.2) is 20.0 Å². The van der Waals surface area contributed by atoms with Crippen LogP contribution in [-0.4, -0.2) is 154 Å². The maximum Gasteiger partial charge on any atom is 0.414 e. The Morgan fingerprint density at radius 2 is 0.864 bits per heavy atom. The number of nitrogens with two attached hydrogens (primary N) is 8. The molecule has 0 aromatic carbocycles. The summed E-state index contributed by atoms with van der Waals surface area (Å²) in [5, 5.41) is 9.65. The molecular weight excluding hydrogens is 1160 g/mol. The van der Waals surface area contributed by atoms with Crippen LogP contribution in [0.2, 0.25) is 10.3 Å². The van der Waals surface area contributed by atoms with Crippen molar-refractivity contribution in [2.45, 2.75) is 130 Å². The number of anilines is 4. The second kappa shape index (κ2) is 38.0. The van der Waals surface area contributed by atoms with Crippen LogP contribution in [0, 0.1) is 11.8 Å². The van der Waals surface area contributed by atoms with Crippen LogP contribution >= 0.6 is 60.4 Å². The normalized spacial score (nSPS) is 14.5. The number of carbonyl (C=O) groups is 4. The Morgan fingerprint density at radius 3 is 1.21 bits per heavy atom. The van der Waals surface area contributed by atoms with Crippen molar-refractivity contribution in [2.75, 3.05) is 88.4 Å². The quantitative estimate of drug-likeness (QED) is 0.0503. The molecule has 460 valence electrons. The van der Waals surface area contributed by atoms with Crippen molar-refractivity contribution in [2.24, 2.45) is 54.7 Å². The SMILES string of the molecule is CC(C)(C)OC(=O)NC(=NCCCN1CCC(CCCCN=C(N)NC(=O)c2nc(Cl)c(N)nc2N)CC1)NC(=O)OC(C)(C)C.Cl.Cl.Cl.NC(N)=NCCCN1CCC(CCCCN=C(N)NC(=O)c2nc(Cl)c(N)nc2N)CC1. The van der Waals surface area contributed by atoms with Crippen LogP contribution in [0.4, 0.5) is 32.9 Å². The van der Waals surface area contributed by atoms with E-state index in [2.05, 4.69) is 71.0 Å². The average Bonchev–Trinajstić information content (AvgIpc) is 3.33. The van der Waals surface area contributed by atoms with E-state index in [1.54, 1.807) is 41.5 Å². The summed E-state index contributed by atoms with van der Waals surface area (Å²) in [7, 11) is 0. The number of amides is 4. The summed E-state index contributed by atoms with van der Waals surface area (Å²) >= 11 is 11.6. The molecule has 4 amide bonds. The Balaban J connectivity index is 0.00000161. The lowest BCUT2D eigenvalue weighted by molar-refractivity contribution is 0.0544. The highest BCUT2D eigenvalue weighted by Gasteiger charge is 2.24. The zero-order chi connectivity index (χ0) is 58.0. The second-order valence-corrected chi connectivity index (χ2v) is 21.5. The van der Waals surface area contributed by atoms with E-state index in [1.807, 2.05) is 0 Å². The van der Waals surface area contributed by atoms with Gasteiger partial charge in [0.15, 0.2) is 62.8 Å². The molecule has 2 saturated heterocycles. The maximum absolute atomic E-state index is 12.3. The van der Waals surface area contributed by atoms with Gasteiger partial charge in [-0.1, -0.05) is 48.9 Å². The monoisotopic (exact) mass is 1240 g/mol. The van der Waals surface area contributed by atoms with Crippen LogP contribution in [0.5, 0.6) is 0 Å². The van der Waals surface area contributed by atoms with Crippen LogP contribution in [-0.2, 0) is 9.47 Å². The first-order valence-electron chi connectivity index (χ1n) is 26.1. The number of halogens is 5. The Morgan fingerprint density at radius 1 is 0.519 bits per heavy atom. The van der Waals surface area contributed by atoms with E-state index in [0.29, 0.717) is 32.1 Å². The van der Waals surface area contributed by atoms with Gasteiger partial charge in [-0.25, -0.2) is 29.5 Å². The largest absolute Gasteiger partial charge is 0.444 e. The summed E-state index contributed by atoms with van der Waals surface area (Å²) in [5.74, 6) is -0.215. The molecule has 4 rings (SSSR count). The highest BCUT2D eigenvalue weighted by molar-refractivity contribution is 6.32. The van der Waals surface area contributed by atoms with Crippen LogP contribution in [0.25, 0.3) is 0 Å². The zero-order valence-corrected chi connectivity index (χ0v) is 51.2. The number of piperidine rings is 2. The van der Waals surface area contributed by atoms with Crippen LogP contribution in [0.3, 0.4) is 0 Å². The lowest BCUT2D eigenvalue weighted by Gasteiger charge is -2.31. The predicted octanol–water partition coefficient (Wildman–Crippen LogP) is 4.17. The summed E-state index contributed by atoms with van der Waals surface area (Å²) in [4.78, 5) is 85.9. The van der Waals surface area contributed by atoms with Crippen molar-refractivity contribution in [3.63, 3.8) is 0 Å². The molecule has 2 aliphatic rings. The third-order valence-electron chi connectivity index (χ3n) is 11.8. The number of guanidine groups is 4. The van der Waals surface area contributed by atoms with Gasteiger partial charge in [-0.2, -0.15) is 0 Å². The number of unbranched alkanes of at least 4 members (excludes halogenated alkanes) is 2. The number of aliphatic imine (C=N–C) groups is 4. The Kier molecular flexibility index (Phi) is 35.2. The highest BCUT2D eigenvalue weighted by Crippen LogP contribution is 2.24. The zero-order valence-electron chi connectivity index (χ0n) is 47.2. The molecule has 0 aliphatic carbocycles. The van der Waals surface area contributed by atoms with Gasteiger partial charge in [0.2, 0.25) is 5.96 Å². The van der Waals surface area contributed by atoms with E-state index >= 15 is 0 Å². The molecule has 0 bridgehead atoms. The molecule has 4 heterocycles. The molecule has 20 N–H and O–H groups in total. The number of nitrogens with zero attached hydrogens (tertiary/aromatic N) is 10. The number of likely N-dealkylation sites (tertiary alicyclic amines) is 2. The number of rotatable bonds is 20. The predicted molar refractivity (Wildman–Crippen MR) is 328 cm³/mol. The van der Waals surface area contributed by atoms with E-state index in [1.165, 1.54) is 19.3 Å². The van der Waals surface area contributed by atoms with Gasteiger partial charge in [-0.05, 0) is 144 Å². The molecular formula is C48H87Cl5N22O6. The Bertz CT molecular complexity index is 2370. The van der Waals surface area contributed by atoms with Crippen molar-refractivity contribution >= 4 is 132 Å². The third-order valence-corrected chi connectivity index (χ3v) is 12.4. The van der Waals surface area contributed by atoms with Gasteiger partial charge >= 0.3 is 12.2 Å². The van der Waals surface area contributed by atoms with Crippen LogP contribution in [0.1, 0.15) is 140 Å². The number of ether oxygens (including phenoxy) is 2. The molecule has 81 heavy (non-hydrogen) atoms. The number of hydrogen-bond donors (Lipinski definition) is 12. The molecule has 28 nitrogen and oxygen atoms in total. The van der Waals surface area contributed by atoms with Crippen molar-refractivity contribution in [3.8, 4) is 0 Å². The van der Waals surface area contributed by atoms with E-state index in [4.69, 9.17) is 78.5 Å². The molecule has 0 atom stereocenters. The summed E-state index contributed by atoms with van der Waals surface area (Å²) in [5.41, 5.74) is 42.9. The number of alkyl carbamates (subject to hydrolysis) is 2. The smallest absolute Gasteiger partial charge is 0.414 e. The fourth-order valence-corrected chi connectivity index (χ4v) is 8.29. The van der Waals surface area contributed by atoms with Gasteiger partial charge in [0.1, 0.15) is 11.2 Å². The molecule has 0 spiro atoms. The number of aromatic nitrogens is 4. The molecule has 2 aliphatic heterocycles. The Hall–Kier alpha value is -5.91. The maximum atomic E-state index is 12.3. The topological polar surface area (TPSA) is 450 Å². The van der Waals surface area contributed by atoms with Crippen molar-refractivity contribution in [3.05, 3.63) is 21.7 Å². The molecule has 2 aromatic heterocycles. The summed E-state index contributed by atoms with van der Waals surface area (Å²) < 4.78 is 10.6. The first-order chi connectivity index (χ1) is 36.7. The minimum absolute atomic E-state index is 0. The van der Waals surface area contributed by atoms with E-state index < -0.39 is 35.2 Å². The van der Waals surface area contributed by atoms with Crippen molar-refractivity contribution < 1.29 is 28.7 Å². The van der Waals surface area contributed by atoms with Gasteiger partial charge in [0.25, 0.3) is 11.8 Å². The molecule has 0 radical (unpaired) electrons. The average molecular weight is 1250 g/mol. The van der Waals surface area contributed by atoms with E-state index in [0.717, 1.165) is 103 Å². The summed E-state index contributed by atoms with van der Waals surface area (Å²) in [6.07, 6.45) is 10.9. The molecule has 2 fully saturated rings. The third kappa shape index (κ3) is 31.8. The number of hydrogen-bond acceptors (Lipinski definition) is 20. The molecule has 0 unspecified atom stereocenters. The lowest BCUT2D eigenvalue weighted by atomic mass is 9.91. The number of nitrogens with one attached hydrogen (secondary N) is 4. The Labute approximate surface area is 503 Å². The van der Waals surface area contributed by atoms with E-state index in [-0.39, 0.29) is 106 Å². The standard InChI is InChI=1S/C29H50ClN11O5.C19H34ClN11O.3ClH/c1-28(2,3)45-26(43)39-25(40-27(44)46-29(4,5)6)35-14-9-15-41-16-11-18(12-17-41)10-7-8-13-34-24(33)38-23(42)19-21(31)37-22(32)20(30)36-19;20-14-16(22)29-15(21)13(28-14)17(32)30-19(25)27-7-2-1-4-12-5-10-31(11-6-12)9-3-8-26-18(23)24;;;/h18H,7-17H2,1-6H3,(H4,31,32,37)(H3,33,34,38,42)(H2,35,39,40,43,44);12H,1-11H2,(H4,21,22,29)(H4,23,24,26)(H3,25,27,30,32);3*1H. The molecule has 2 aromatic rings. The van der Waals surface area contributed by atoms with Crippen LogP contribution < -0.4 is 67.1 Å². The molecule has 33 heteroatoms. The fraction of sp³-hybridized carbons (Fsp3) is 0.667. The van der Waals surface area contributed by atoms with Gasteiger partial charge in [-0.3, -0.25) is 50.8 Å². The first-order valence-corrected chi connectivity index (χ1v) is 26.9. The van der Waals surface area contributed by atoms with Gasteiger partial charge in [-0.15, -0.1) is 37.2 Å². The minimum atomic E-state index is -0.715. The number of nitrogen functional groups attached to an aromatic ring is 4. The van der Waals surface area contributed by atoms with Crippen molar-refractivity contribution in [1.82, 2.24) is 51.0 Å². The first kappa shape index (κ1) is 75.1. The fourth-order valence-electron chi connectivity index (χ4n) is 8.03. The van der Waals surface area contributed by atoms with E-state index in [9.17, 15) is 19.2 Å². The van der Waals surface area contributed by atoms with Gasteiger partial charge in [0, 0.05) is 26.2 Å². The number of carbonyl (C=O) groups excluding carboxylic acids is 4. The van der Waals surface area contributed by atoms with Gasteiger partial charge in [0.05, 0.1) is 0 Å².